The zero-order valence-corrected chi connectivity index (χ0v) is 18.7. The van der Waals surface area contributed by atoms with E-state index in [1.165, 1.54) is 16.1 Å². The summed E-state index contributed by atoms with van der Waals surface area (Å²) in [4.78, 5) is 30.5. The van der Waals surface area contributed by atoms with Crippen LogP contribution in [0.1, 0.15) is 25.5 Å². The number of benzene rings is 2. The minimum atomic E-state index is -0.423. The lowest BCUT2D eigenvalue weighted by Crippen LogP contribution is -2.50. The number of rotatable bonds is 7. The second-order valence-corrected chi connectivity index (χ2v) is 8.09. The van der Waals surface area contributed by atoms with Crippen LogP contribution in [-0.2, 0) is 4.79 Å². The van der Waals surface area contributed by atoms with E-state index in [1.54, 1.807) is 0 Å². The van der Waals surface area contributed by atoms with E-state index in [4.69, 9.17) is 11.6 Å². The van der Waals surface area contributed by atoms with E-state index in [1.807, 2.05) is 68.4 Å². The molecule has 1 unspecified atom stereocenters. The standard InChI is InChI=1S/C24H32N6O2/c1-4-29(24(32)30(26)18(2)3)21-12-10-20(11-13-21)27-14-16-28(17-15-27)22(23(25)31)19-8-6-5-7-9-19/h4-13,18,22H,1,14-17,26H2,2-3H3,(H2,25,31). The Kier molecular flexibility index (Phi) is 7.50. The Morgan fingerprint density at radius 1 is 1.00 bits per heavy atom. The summed E-state index contributed by atoms with van der Waals surface area (Å²) in [6, 6.07) is 16.5. The predicted octanol–water partition coefficient (Wildman–Crippen LogP) is 2.69. The second kappa shape index (κ2) is 10.3. The van der Waals surface area contributed by atoms with Gasteiger partial charge in [-0.3, -0.25) is 19.6 Å². The SMILES string of the molecule is C=CN(C(=O)N(N)C(C)C)c1ccc(N2CCN(C(C(N)=O)c3ccccc3)CC2)cc1. The number of anilines is 2. The highest BCUT2D eigenvalue weighted by Crippen LogP contribution is 2.26. The molecular weight excluding hydrogens is 404 g/mol. The summed E-state index contributed by atoms with van der Waals surface area (Å²) >= 11 is 0. The fourth-order valence-electron chi connectivity index (χ4n) is 3.89. The molecule has 0 radical (unpaired) electrons. The van der Waals surface area contributed by atoms with Crippen molar-refractivity contribution in [1.29, 1.82) is 0 Å². The Balaban J connectivity index is 1.66. The molecular formula is C24H32N6O2. The lowest BCUT2D eigenvalue weighted by atomic mass is 10.0. The van der Waals surface area contributed by atoms with Gasteiger partial charge in [0.1, 0.15) is 6.04 Å². The molecule has 3 rings (SSSR count). The molecule has 32 heavy (non-hydrogen) atoms. The van der Waals surface area contributed by atoms with E-state index >= 15 is 0 Å². The van der Waals surface area contributed by atoms with Crippen LogP contribution in [-0.4, -0.2) is 54.1 Å². The van der Waals surface area contributed by atoms with Gasteiger partial charge in [0.25, 0.3) is 0 Å². The van der Waals surface area contributed by atoms with Crippen LogP contribution in [0.25, 0.3) is 0 Å². The molecule has 8 nitrogen and oxygen atoms in total. The number of nitrogens with zero attached hydrogens (tertiary/aromatic N) is 4. The summed E-state index contributed by atoms with van der Waals surface area (Å²) in [7, 11) is 0. The van der Waals surface area contributed by atoms with Crippen molar-refractivity contribution in [3.05, 3.63) is 72.9 Å². The predicted molar refractivity (Wildman–Crippen MR) is 128 cm³/mol. The molecule has 3 amide bonds. The molecule has 2 aromatic carbocycles. The second-order valence-electron chi connectivity index (χ2n) is 8.09. The molecule has 1 fully saturated rings. The Morgan fingerprint density at radius 3 is 2.09 bits per heavy atom. The highest BCUT2D eigenvalue weighted by atomic mass is 16.2. The highest BCUT2D eigenvalue weighted by molar-refractivity contribution is 5.93. The van der Waals surface area contributed by atoms with Gasteiger partial charge in [0.2, 0.25) is 5.91 Å². The number of piperazine rings is 1. The Labute approximate surface area is 189 Å². The van der Waals surface area contributed by atoms with E-state index in [-0.39, 0.29) is 18.0 Å². The smallest absolute Gasteiger partial charge is 0.342 e. The molecule has 2 aromatic rings. The fourth-order valence-corrected chi connectivity index (χ4v) is 3.89. The number of amides is 3. The lowest BCUT2D eigenvalue weighted by Gasteiger charge is -2.39. The molecule has 8 heteroatoms. The van der Waals surface area contributed by atoms with Crippen molar-refractivity contribution in [1.82, 2.24) is 9.91 Å². The molecule has 1 aliphatic rings. The fraction of sp³-hybridized carbons (Fsp3) is 0.333. The van der Waals surface area contributed by atoms with Gasteiger partial charge in [-0.1, -0.05) is 36.9 Å². The third-order valence-corrected chi connectivity index (χ3v) is 5.72. The summed E-state index contributed by atoms with van der Waals surface area (Å²) in [6.07, 6.45) is 1.46. The van der Waals surface area contributed by atoms with Gasteiger partial charge in [0.15, 0.2) is 0 Å². The number of hydrogen-bond donors (Lipinski definition) is 2. The number of urea groups is 1. The lowest BCUT2D eigenvalue weighted by molar-refractivity contribution is -0.123. The van der Waals surface area contributed by atoms with Gasteiger partial charge < -0.3 is 10.6 Å². The first-order valence-electron chi connectivity index (χ1n) is 10.8. The van der Waals surface area contributed by atoms with Crippen molar-refractivity contribution in [3.8, 4) is 0 Å². The normalized spacial score (nSPS) is 15.3. The molecule has 0 spiro atoms. The van der Waals surface area contributed by atoms with Crippen molar-refractivity contribution >= 4 is 23.3 Å². The summed E-state index contributed by atoms with van der Waals surface area (Å²) in [5, 5.41) is 1.18. The van der Waals surface area contributed by atoms with Crippen LogP contribution in [0.15, 0.2) is 67.4 Å². The number of carbonyl (C=O) groups excluding carboxylic acids is 2. The minimum absolute atomic E-state index is 0.124. The third-order valence-electron chi connectivity index (χ3n) is 5.72. The Morgan fingerprint density at radius 2 is 1.59 bits per heavy atom. The van der Waals surface area contributed by atoms with Gasteiger partial charge in [-0.05, 0) is 43.7 Å². The number of nitrogens with two attached hydrogens (primary N) is 2. The van der Waals surface area contributed by atoms with Crippen molar-refractivity contribution in [2.75, 3.05) is 36.0 Å². The topological polar surface area (TPSA) is 99.1 Å². The van der Waals surface area contributed by atoms with Crippen molar-refractivity contribution in [2.45, 2.75) is 25.9 Å². The molecule has 1 aliphatic heterocycles. The molecule has 0 aliphatic carbocycles. The maximum Gasteiger partial charge on any atom is 0.342 e. The van der Waals surface area contributed by atoms with Crippen LogP contribution < -0.4 is 21.4 Å². The minimum Gasteiger partial charge on any atom is -0.369 e. The molecule has 1 atom stereocenters. The number of hydrazine groups is 1. The number of primary amides is 1. The van der Waals surface area contributed by atoms with Gasteiger partial charge in [-0.25, -0.2) is 10.6 Å². The quantitative estimate of drug-likeness (QED) is 0.395. The zero-order chi connectivity index (χ0) is 23.3. The van der Waals surface area contributed by atoms with Gasteiger partial charge in [-0.2, -0.15) is 0 Å². The summed E-state index contributed by atoms with van der Waals surface area (Å²) in [5.74, 6) is 5.54. The molecule has 0 bridgehead atoms. The Bertz CT molecular complexity index is 923. The first-order chi connectivity index (χ1) is 15.3. The van der Waals surface area contributed by atoms with Gasteiger partial charge in [-0.15, -0.1) is 0 Å². The average Bonchev–Trinajstić information content (AvgIpc) is 2.80. The molecule has 0 saturated carbocycles. The van der Waals surface area contributed by atoms with Gasteiger partial charge in [0, 0.05) is 44.1 Å². The van der Waals surface area contributed by atoms with E-state index < -0.39 is 6.04 Å². The highest BCUT2D eigenvalue weighted by Gasteiger charge is 2.29. The maximum absolute atomic E-state index is 12.6. The molecule has 1 saturated heterocycles. The number of hydrogen-bond acceptors (Lipinski definition) is 5. The van der Waals surface area contributed by atoms with E-state index in [9.17, 15) is 9.59 Å². The molecule has 0 aromatic heterocycles. The summed E-state index contributed by atoms with van der Waals surface area (Å²) < 4.78 is 0. The first-order valence-corrected chi connectivity index (χ1v) is 10.8. The van der Waals surface area contributed by atoms with Gasteiger partial charge in [0.05, 0.1) is 5.69 Å². The van der Waals surface area contributed by atoms with E-state index in [0.29, 0.717) is 5.69 Å². The van der Waals surface area contributed by atoms with Crippen LogP contribution in [0.3, 0.4) is 0 Å². The molecule has 1 heterocycles. The Hall–Kier alpha value is -3.36. The monoisotopic (exact) mass is 436 g/mol. The summed E-state index contributed by atoms with van der Waals surface area (Å²) in [5.41, 5.74) is 8.39. The van der Waals surface area contributed by atoms with Crippen molar-refractivity contribution in [3.63, 3.8) is 0 Å². The largest absolute Gasteiger partial charge is 0.369 e. The van der Waals surface area contributed by atoms with Crippen molar-refractivity contribution in [2.24, 2.45) is 11.6 Å². The zero-order valence-electron chi connectivity index (χ0n) is 18.7. The first kappa shape index (κ1) is 23.3. The van der Waals surface area contributed by atoms with Gasteiger partial charge >= 0.3 is 6.03 Å². The van der Waals surface area contributed by atoms with E-state index in [2.05, 4.69) is 16.4 Å². The van der Waals surface area contributed by atoms with Crippen LogP contribution in [0.4, 0.5) is 16.2 Å². The maximum atomic E-state index is 12.6. The van der Waals surface area contributed by atoms with E-state index in [0.717, 1.165) is 37.4 Å². The van der Waals surface area contributed by atoms with Crippen molar-refractivity contribution < 1.29 is 9.59 Å². The summed E-state index contributed by atoms with van der Waals surface area (Å²) in [6.45, 7) is 10.4. The third kappa shape index (κ3) is 5.09. The average molecular weight is 437 g/mol. The van der Waals surface area contributed by atoms with Crippen LogP contribution in [0.5, 0.6) is 0 Å². The number of carbonyl (C=O) groups is 2. The van der Waals surface area contributed by atoms with Crippen LogP contribution in [0, 0.1) is 0 Å². The van der Waals surface area contributed by atoms with Crippen LogP contribution >= 0.6 is 0 Å². The molecule has 170 valence electrons. The van der Waals surface area contributed by atoms with Crippen LogP contribution in [0.2, 0.25) is 0 Å². The molecule has 4 N–H and O–H groups in total.